The normalized spacial score (nSPS) is 10.8. The number of carbonyl (C=O) groups is 1. The highest BCUT2D eigenvalue weighted by atomic mass is 79.9. The first-order valence-electron chi connectivity index (χ1n) is 8.22. The highest BCUT2D eigenvalue weighted by Crippen LogP contribution is 2.28. The zero-order valence-electron chi connectivity index (χ0n) is 14.8. The van der Waals surface area contributed by atoms with Crippen molar-refractivity contribution in [2.45, 2.75) is 18.6 Å². The van der Waals surface area contributed by atoms with Crippen LogP contribution in [0.25, 0.3) is 11.4 Å². The number of halogens is 2. The van der Waals surface area contributed by atoms with E-state index in [1.165, 1.54) is 11.8 Å². The Kier molecular flexibility index (Phi) is 6.57. The van der Waals surface area contributed by atoms with Gasteiger partial charge in [-0.3, -0.25) is 4.79 Å². The Hall–Kier alpha value is -1.83. The smallest absolute Gasteiger partial charge is 0.191 e. The molecule has 0 atom stereocenters. The molecule has 1 heterocycles. The van der Waals surface area contributed by atoms with E-state index in [1.54, 1.807) is 25.3 Å². The van der Waals surface area contributed by atoms with Gasteiger partial charge in [-0.25, -0.2) is 0 Å². The maximum absolute atomic E-state index is 12.5. The molecule has 3 rings (SSSR count). The van der Waals surface area contributed by atoms with Crippen LogP contribution in [0.2, 0.25) is 5.02 Å². The first-order valence-corrected chi connectivity index (χ1v) is 10.4. The molecular formula is C19H17BrClN3O2S. The Morgan fingerprint density at radius 1 is 1.26 bits per heavy atom. The lowest BCUT2D eigenvalue weighted by Gasteiger charge is -2.08. The Morgan fingerprint density at radius 3 is 2.74 bits per heavy atom. The largest absolute Gasteiger partial charge is 0.496 e. The van der Waals surface area contributed by atoms with Gasteiger partial charge in [-0.05, 0) is 53.2 Å². The molecule has 0 aliphatic rings. The molecule has 0 bridgehead atoms. The van der Waals surface area contributed by atoms with Crippen molar-refractivity contribution < 1.29 is 9.53 Å². The summed E-state index contributed by atoms with van der Waals surface area (Å²) in [5, 5.41) is 9.89. The molecule has 0 unspecified atom stereocenters. The predicted octanol–water partition coefficient (Wildman–Crippen LogP) is 5.36. The van der Waals surface area contributed by atoms with Gasteiger partial charge in [0, 0.05) is 22.7 Å². The summed E-state index contributed by atoms with van der Waals surface area (Å²) >= 11 is 10.9. The lowest BCUT2D eigenvalue weighted by atomic mass is 10.1. The van der Waals surface area contributed by atoms with E-state index in [9.17, 15) is 4.79 Å². The Labute approximate surface area is 175 Å². The summed E-state index contributed by atoms with van der Waals surface area (Å²) in [6.07, 6.45) is 0. The molecule has 0 saturated carbocycles. The zero-order chi connectivity index (χ0) is 19.4. The van der Waals surface area contributed by atoms with Gasteiger partial charge >= 0.3 is 0 Å². The van der Waals surface area contributed by atoms with Gasteiger partial charge in [0.05, 0.1) is 17.3 Å². The maximum Gasteiger partial charge on any atom is 0.191 e. The standard InChI is InChI=1S/C19H17BrClN3O2S/c1-3-24-18(13-5-4-6-14(21)9-13)22-23-19(24)27-11-16(25)12-7-8-17(26-2)15(20)10-12/h4-10H,3,11H2,1-2H3. The van der Waals surface area contributed by atoms with Gasteiger partial charge < -0.3 is 9.30 Å². The van der Waals surface area contributed by atoms with E-state index < -0.39 is 0 Å². The number of Topliss-reactive ketones (excluding diaryl/α,β-unsaturated/α-hetero) is 1. The summed E-state index contributed by atoms with van der Waals surface area (Å²) in [4.78, 5) is 12.5. The fourth-order valence-electron chi connectivity index (χ4n) is 2.57. The van der Waals surface area contributed by atoms with Crippen molar-refractivity contribution in [3.05, 3.63) is 57.5 Å². The fourth-order valence-corrected chi connectivity index (χ4v) is 4.20. The first-order chi connectivity index (χ1) is 13.0. The highest BCUT2D eigenvalue weighted by Gasteiger charge is 2.16. The summed E-state index contributed by atoms with van der Waals surface area (Å²) in [6, 6.07) is 12.8. The third-order valence-electron chi connectivity index (χ3n) is 3.92. The van der Waals surface area contributed by atoms with Crippen LogP contribution >= 0.6 is 39.3 Å². The fraction of sp³-hybridized carbons (Fsp3) is 0.211. The molecule has 0 spiro atoms. The monoisotopic (exact) mass is 465 g/mol. The number of methoxy groups -OCH3 is 1. The molecule has 0 saturated heterocycles. The highest BCUT2D eigenvalue weighted by molar-refractivity contribution is 9.10. The van der Waals surface area contributed by atoms with Gasteiger partial charge in [-0.2, -0.15) is 0 Å². The minimum absolute atomic E-state index is 0.0123. The summed E-state index contributed by atoms with van der Waals surface area (Å²) in [7, 11) is 1.59. The van der Waals surface area contributed by atoms with Gasteiger partial charge in [0.2, 0.25) is 0 Å². The van der Waals surface area contributed by atoms with Crippen LogP contribution in [-0.4, -0.2) is 33.4 Å². The van der Waals surface area contributed by atoms with Crippen LogP contribution in [0.3, 0.4) is 0 Å². The second kappa shape index (κ2) is 8.91. The predicted molar refractivity (Wildman–Crippen MR) is 112 cm³/mol. The second-order valence-electron chi connectivity index (χ2n) is 5.62. The number of hydrogen-bond donors (Lipinski definition) is 0. The average molecular weight is 467 g/mol. The van der Waals surface area contributed by atoms with Crippen LogP contribution in [0.1, 0.15) is 17.3 Å². The Balaban J connectivity index is 1.76. The number of benzene rings is 2. The van der Waals surface area contributed by atoms with Gasteiger partial charge in [0.1, 0.15) is 5.75 Å². The van der Waals surface area contributed by atoms with Crippen LogP contribution in [0.5, 0.6) is 5.75 Å². The van der Waals surface area contributed by atoms with Crippen molar-refractivity contribution in [2.24, 2.45) is 0 Å². The number of hydrogen-bond acceptors (Lipinski definition) is 5. The van der Waals surface area contributed by atoms with Crippen molar-refractivity contribution in [3.8, 4) is 17.1 Å². The van der Waals surface area contributed by atoms with Gasteiger partial charge in [-0.15, -0.1) is 10.2 Å². The van der Waals surface area contributed by atoms with E-state index in [4.69, 9.17) is 16.3 Å². The molecule has 0 aliphatic heterocycles. The minimum Gasteiger partial charge on any atom is -0.496 e. The number of ketones is 1. The number of thioether (sulfide) groups is 1. The molecule has 0 amide bonds. The van der Waals surface area contributed by atoms with Crippen molar-refractivity contribution >= 4 is 45.1 Å². The van der Waals surface area contributed by atoms with Crippen molar-refractivity contribution in [3.63, 3.8) is 0 Å². The number of aromatic nitrogens is 3. The third kappa shape index (κ3) is 4.54. The van der Waals surface area contributed by atoms with E-state index in [0.717, 1.165) is 15.9 Å². The quantitative estimate of drug-likeness (QED) is 0.346. The molecule has 27 heavy (non-hydrogen) atoms. The second-order valence-corrected chi connectivity index (χ2v) is 7.86. The summed E-state index contributed by atoms with van der Waals surface area (Å²) in [6.45, 7) is 2.71. The molecule has 5 nitrogen and oxygen atoms in total. The molecule has 0 N–H and O–H groups in total. The molecule has 8 heteroatoms. The molecule has 0 fully saturated rings. The van der Waals surface area contributed by atoms with Crippen LogP contribution < -0.4 is 4.74 Å². The zero-order valence-corrected chi connectivity index (χ0v) is 17.9. The summed E-state index contributed by atoms with van der Waals surface area (Å²) < 4.78 is 7.93. The van der Waals surface area contributed by atoms with Gasteiger partial charge in [0.15, 0.2) is 16.8 Å². The molecule has 3 aromatic rings. The summed E-state index contributed by atoms with van der Waals surface area (Å²) in [5.74, 6) is 1.71. The number of nitrogens with zero attached hydrogens (tertiary/aromatic N) is 3. The molecule has 1 aromatic heterocycles. The van der Waals surface area contributed by atoms with Crippen LogP contribution in [0.15, 0.2) is 52.1 Å². The lowest BCUT2D eigenvalue weighted by molar-refractivity contribution is 0.102. The van der Waals surface area contributed by atoms with E-state index in [2.05, 4.69) is 26.1 Å². The van der Waals surface area contributed by atoms with Gasteiger partial charge in [0.25, 0.3) is 0 Å². The SMILES string of the molecule is CCn1c(SCC(=O)c2ccc(OC)c(Br)c2)nnc1-c1cccc(Cl)c1. The summed E-state index contributed by atoms with van der Waals surface area (Å²) in [5.41, 5.74) is 1.52. The lowest BCUT2D eigenvalue weighted by Crippen LogP contribution is -2.05. The Bertz CT molecular complexity index is 977. The molecule has 140 valence electrons. The van der Waals surface area contributed by atoms with Crippen molar-refractivity contribution in [2.75, 3.05) is 12.9 Å². The first kappa shape index (κ1) is 19.9. The number of ether oxygens (including phenoxy) is 1. The van der Waals surface area contributed by atoms with Crippen LogP contribution in [0, 0.1) is 0 Å². The van der Waals surface area contributed by atoms with Crippen LogP contribution in [0.4, 0.5) is 0 Å². The number of rotatable bonds is 7. The van der Waals surface area contributed by atoms with E-state index in [0.29, 0.717) is 28.0 Å². The van der Waals surface area contributed by atoms with Gasteiger partial charge in [-0.1, -0.05) is 35.5 Å². The minimum atomic E-state index is 0.0123. The molecular weight excluding hydrogens is 450 g/mol. The maximum atomic E-state index is 12.5. The topological polar surface area (TPSA) is 57.0 Å². The van der Waals surface area contributed by atoms with Crippen LogP contribution in [-0.2, 0) is 6.54 Å². The Morgan fingerprint density at radius 2 is 2.07 bits per heavy atom. The van der Waals surface area contributed by atoms with Crippen molar-refractivity contribution in [1.82, 2.24) is 14.8 Å². The number of carbonyl (C=O) groups excluding carboxylic acids is 1. The average Bonchev–Trinajstić information content (AvgIpc) is 3.09. The molecule has 2 aromatic carbocycles. The van der Waals surface area contributed by atoms with E-state index in [1.807, 2.05) is 35.8 Å². The van der Waals surface area contributed by atoms with E-state index >= 15 is 0 Å². The molecule has 0 radical (unpaired) electrons. The third-order valence-corrected chi connectivity index (χ3v) is 5.74. The molecule has 0 aliphatic carbocycles. The van der Waals surface area contributed by atoms with Crippen molar-refractivity contribution in [1.29, 1.82) is 0 Å². The van der Waals surface area contributed by atoms with E-state index in [-0.39, 0.29) is 11.5 Å².